The molecule has 0 aromatic rings. The van der Waals surface area contributed by atoms with E-state index in [1.165, 1.54) is 12.8 Å². The van der Waals surface area contributed by atoms with Crippen LogP contribution in [-0.2, 0) is 56.2 Å². The molecule has 0 aromatic heterocycles. The third-order valence-electron chi connectivity index (χ3n) is 2.86. The van der Waals surface area contributed by atoms with E-state index in [0.717, 1.165) is 33.9 Å². The molecule has 0 aliphatic carbocycles. The van der Waals surface area contributed by atoms with Crippen LogP contribution in [0, 0.1) is 0 Å². The molecule has 0 fully saturated rings. The molecule has 6 heteroatoms. The molecule has 0 heterocycles. The number of rotatable bonds is 13. The summed E-state index contributed by atoms with van der Waals surface area (Å²) >= 11 is -2.38. The summed E-state index contributed by atoms with van der Waals surface area (Å²) in [5.74, 6) is 0. The van der Waals surface area contributed by atoms with Gasteiger partial charge in [-0.1, -0.05) is 0 Å². The molecule has 0 amide bonds. The molecular formula is C12H24Cl2Hg2O2. The quantitative estimate of drug-likeness (QED) is 0.210. The van der Waals surface area contributed by atoms with Gasteiger partial charge < -0.3 is 0 Å². The first-order chi connectivity index (χ1) is 8.79. The first-order valence-electron chi connectivity index (χ1n) is 7.15. The Hall–Kier alpha value is 2.37. The topological polar surface area (TPSA) is 18.5 Å². The average molecular weight is 672 g/mol. The summed E-state index contributed by atoms with van der Waals surface area (Å²) < 4.78 is 14.2. The van der Waals surface area contributed by atoms with Gasteiger partial charge in [0.1, 0.15) is 0 Å². The van der Waals surface area contributed by atoms with Crippen LogP contribution in [0.5, 0.6) is 0 Å². The minimum atomic E-state index is -1.19. The van der Waals surface area contributed by atoms with E-state index in [2.05, 4.69) is 13.8 Å². The van der Waals surface area contributed by atoms with Gasteiger partial charge in [0, 0.05) is 0 Å². The second kappa shape index (κ2) is 15.8. The Morgan fingerprint density at radius 1 is 0.833 bits per heavy atom. The van der Waals surface area contributed by atoms with Gasteiger partial charge in [-0.15, -0.1) is 0 Å². The molecule has 0 spiro atoms. The number of hydrogen-bond donors (Lipinski definition) is 0. The van der Waals surface area contributed by atoms with Gasteiger partial charge in [-0.05, 0) is 0 Å². The zero-order chi connectivity index (χ0) is 13.6. The second-order valence-corrected chi connectivity index (χ2v) is 18.5. The number of hydrogen-bond acceptors (Lipinski definition) is 2. The van der Waals surface area contributed by atoms with Crippen molar-refractivity contribution in [2.24, 2.45) is 0 Å². The van der Waals surface area contributed by atoms with Crippen molar-refractivity contribution in [3.63, 3.8) is 0 Å². The normalized spacial score (nSPS) is 13.8. The summed E-state index contributed by atoms with van der Waals surface area (Å²) in [4.78, 5) is 0. The molecule has 0 saturated carbocycles. The molecule has 0 N–H and O–H groups in total. The Bertz CT molecular complexity index is 158. The minimum absolute atomic E-state index is 0.242. The Morgan fingerprint density at radius 3 is 1.50 bits per heavy atom. The van der Waals surface area contributed by atoms with Gasteiger partial charge >= 0.3 is 145 Å². The zero-order valence-electron chi connectivity index (χ0n) is 11.8. The van der Waals surface area contributed by atoms with Crippen molar-refractivity contribution >= 4 is 16.5 Å². The molecule has 0 rings (SSSR count). The maximum atomic E-state index is 6.09. The fourth-order valence-corrected chi connectivity index (χ4v) is 11.4. The molecule has 18 heavy (non-hydrogen) atoms. The van der Waals surface area contributed by atoms with Crippen LogP contribution >= 0.6 is 16.5 Å². The van der Waals surface area contributed by atoms with Crippen molar-refractivity contribution in [3.8, 4) is 0 Å². The monoisotopic (exact) mass is 674 g/mol. The molecule has 0 aliphatic rings. The third-order valence-corrected chi connectivity index (χ3v) is 12.8. The van der Waals surface area contributed by atoms with Gasteiger partial charge in [0.15, 0.2) is 0 Å². The van der Waals surface area contributed by atoms with Crippen LogP contribution < -0.4 is 0 Å². The first-order valence-corrected chi connectivity index (χ1v) is 28.5. The van der Waals surface area contributed by atoms with Gasteiger partial charge in [-0.2, -0.15) is 0 Å². The Balaban J connectivity index is 4.15. The zero-order valence-corrected chi connectivity index (χ0v) is 24.3. The van der Waals surface area contributed by atoms with Gasteiger partial charge in [-0.3, -0.25) is 0 Å². The van der Waals surface area contributed by atoms with E-state index in [-0.39, 0.29) is 12.2 Å². The van der Waals surface area contributed by atoms with E-state index in [4.69, 9.17) is 26.0 Å². The van der Waals surface area contributed by atoms with Crippen molar-refractivity contribution in [1.29, 1.82) is 0 Å². The van der Waals surface area contributed by atoms with E-state index in [1.54, 1.807) is 0 Å². The van der Waals surface area contributed by atoms with Gasteiger partial charge in [0.05, 0.1) is 0 Å². The standard InChI is InChI=1S/C12H24O2.2ClH.2Hg/c1-5-7-9-13-11(3)12(4)14-10-8-6-2;;;;/h11-12H,3-10H2,1-2H3;2*1H;;/q;;;2*+1/p-2. The SMILES string of the molecule is CCCCOC([CH2][Hg][Cl])C([CH2][Hg][Cl])OCCCC. The fraction of sp³-hybridized carbons (Fsp3) is 1.00. The molecule has 2 nitrogen and oxygen atoms in total. The number of unbranched alkanes of at least 4 members (excludes halogenated alkanes) is 2. The summed E-state index contributed by atoms with van der Waals surface area (Å²) in [6.45, 7) is 6.06. The molecule has 0 radical (unpaired) electrons. The Morgan fingerprint density at radius 2 is 1.22 bits per heavy atom. The van der Waals surface area contributed by atoms with Gasteiger partial charge in [0.25, 0.3) is 0 Å². The van der Waals surface area contributed by atoms with Crippen molar-refractivity contribution < 1.29 is 56.2 Å². The maximum absolute atomic E-state index is 6.09. The van der Waals surface area contributed by atoms with Crippen molar-refractivity contribution in [2.45, 2.75) is 59.6 Å². The fourth-order valence-electron chi connectivity index (χ4n) is 1.73. The molecule has 0 aromatic carbocycles. The predicted octanol–water partition coefficient (Wildman–Crippen LogP) is 4.67. The molecule has 0 bridgehead atoms. The van der Waals surface area contributed by atoms with Crippen LogP contribution in [0.2, 0.25) is 7.86 Å². The van der Waals surface area contributed by atoms with Crippen LogP contribution in [0.1, 0.15) is 39.5 Å². The summed E-state index contributed by atoms with van der Waals surface area (Å²) in [5.41, 5.74) is 0. The van der Waals surface area contributed by atoms with Crippen molar-refractivity contribution in [1.82, 2.24) is 0 Å². The first kappa shape index (κ1) is 20.4. The van der Waals surface area contributed by atoms with E-state index in [9.17, 15) is 0 Å². The van der Waals surface area contributed by atoms with Crippen LogP contribution in [0.4, 0.5) is 0 Å². The van der Waals surface area contributed by atoms with E-state index >= 15 is 0 Å². The van der Waals surface area contributed by atoms with Gasteiger partial charge in [-0.25, -0.2) is 0 Å². The average Bonchev–Trinajstić information content (AvgIpc) is 2.37. The van der Waals surface area contributed by atoms with Crippen molar-refractivity contribution in [3.05, 3.63) is 0 Å². The molecule has 0 saturated heterocycles. The third kappa shape index (κ3) is 11.1. The van der Waals surface area contributed by atoms with E-state index in [0.29, 0.717) is 0 Å². The molecule has 0 aliphatic heterocycles. The van der Waals surface area contributed by atoms with Crippen LogP contribution in [0.3, 0.4) is 0 Å². The van der Waals surface area contributed by atoms with Gasteiger partial charge in [0.2, 0.25) is 0 Å². The predicted molar refractivity (Wildman–Crippen MR) is 70.6 cm³/mol. The Kier molecular flexibility index (Phi) is 17.8. The van der Waals surface area contributed by atoms with Crippen LogP contribution in [-0.4, -0.2) is 25.4 Å². The molecular weight excluding hydrogens is 648 g/mol. The molecule has 102 valence electrons. The van der Waals surface area contributed by atoms with Crippen LogP contribution in [0.25, 0.3) is 0 Å². The second-order valence-electron chi connectivity index (χ2n) is 4.48. The molecule has 2 atom stereocenters. The number of ether oxygens (including phenoxy) is 2. The van der Waals surface area contributed by atoms with E-state index < -0.39 is 46.7 Å². The number of halogens is 2. The summed E-state index contributed by atoms with van der Waals surface area (Å²) in [5, 5.41) is 0. The summed E-state index contributed by atoms with van der Waals surface area (Å²) in [6, 6.07) is 0. The Labute approximate surface area is 144 Å². The van der Waals surface area contributed by atoms with Crippen LogP contribution in [0.15, 0.2) is 0 Å². The summed E-state index contributed by atoms with van der Waals surface area (Å²) in [7, 11) is 12.2. The van der Waals surface area contributed by atoms with Crippen molar-refractivity contribution in [2.75, 3.05) is 13.2 Å². The van der Waals surface area contributed by atoms with E-state index in [1.807, 2.05) is 0 Å². The summed E-state index contributed by atoms with van der Waals surface area (Å²) in [6.07, 6.45) is 5.09. The molecule has 2 unspecified atom stereocenters.